The van der Waals surface area contributed by atoms with Gasteiger partial charge in [0, 0.05) is 37.8 Å². The summed E-state index contributed by atoms with van der Waals surface area (Å²) in [4.78, 5) is 30.6. The van der Waals surface area contributed by atoms with Crippen LogP contribution in [0.15, 0.2) is 36.7 Å². The molecule has 1 amide bonds. The summed E-state index contributed by atoms with van der Waals surface area (Å²) in [6, 6.07) is 9.40. The number of alkyl halides is 1. The summed E-state index contributed by atoms with van der Waals surface area (Å²) >= 11 is 0. The van der Waals surface area contributed by atoms with Gasteiger partial charge < -0.3 is 20.5 Å². The van der Waals surface area contributed by atoms with Crippen molar-refractivity contribution in [2.45, 2.75) is 76.6 Å². The molecule has 4 heterocycles. The zero-order valence-corrected chi connectivity index (χ0v) is 24.7. The first kappa shape index (κ1) is 30.6. The third-order valence-electron chi connectivity index (χ3n) is 8.62. The summed E-state index contributed by atoms with van der Waals surface area (Å²) in [6.07, 6.45) is 7.07. The van der Waals surface area contributed by atoms with Gasteiger partial charge in [-0.2, -0.15) is 10.4 Å². The Labute approximate surface area is 250 Å². The van der Waals surface area contributed by atoms with Gasteiger partial charge in [-0.25, -0.2) is 8.91 Å². The molecule has 10 nitrogen and oxygen atoms in total. The fraction of sp³-hybridized carbons (Fsp3) is 0.531. The van der Waals surface area contributed by atoms with Crippen molar-refractivity contribution in [1.29, 1.82) is 5.26 Å². The number of ketones is 1. The number of carbonyl (C=O) groups is 2. The molecule has 3 aromatic rings. The molecule has 3 N–H and O–H groups in total. The van der Waals surface area contributed by atoms with Gasteiger partial charge in [-0.15, -0.1) is 0 Å². The van der Waals surface area contributed by atoms with E-state index in [1.165, 1.54) is 26.2 Å². The van der Waals surface area contributed by atoms with Crippen LogP contribution in [0.3, 0.4) is 0 Å². The lowest BCUT2D eigenvalue weighted by Gasteiger charge is -2.31. The maximum absolute atomic E-state index is 14.4. The van der Waals surface area contributed by atoms with Crippen LogP contribution in [0, 0.1) is 23.2 Å². The largest absolute Gasteiger partial charge is 0.387 e. The van der Waals surface area contributed by atoms with E-state index in [-0.39, 0.29) is 24.1 Å². The molecule has 43 heavy (non-hydrogen) atoms. The summed E-state index contributed by atoms with van der Waals surface area (Å²) in [5, 5.41) is 29.7. The maximum atomic E-state index is 14.4. The first-order valence-electron chi connectivity index (χ1n) is 15.0. The second-order valence-corrected chi connectivity index (χ2v) is 12.3. The summed E-state index contributed by atoms with van der Waals surface area (Å²) in [6.45, 7) is 3.70. The molecule has 2 fully saturated rings. The van der Waals surface area contributed by atoms with Crippen LogP contribution >= 0.6 is 0 Å². The Kier molecular flexibility index (Phi) is 9.37. The Balaban J connectivity index is 1.33. The molecular weight excluding hydrogens is 551 g/mol. The van der Waals surface area contributed by atoms with Crippen LogP contribution in [0.5, 0.6) is 0 Å². The summed E-state index contributed by atoms with van der Waals surface area (Å²) < 4.78 is 21.5. The first-order chi connectivity index (χ1) is 20.6. The number of aliphatic hydroxyl groups is 1. The van der Waals surface area contributed by atoms with E-state index in [1.807, 2.05) is 12.1 Å². The Hall–Kier alpha value is -3.88. The van der Waals surface area contributed by atoms with E-state index >= 15 is 0 Å². The van der Waals surface area contributed by atoms with Crippen molar-refractivity contribution in [3.8, 4) is 17.5 Å². The van der Waals surface area contributed by atoms with Crippen molar-refractivity contribution in [2.75, 3.05) is 25.1 Å². The van der Waals surface area contributed by atoms with Crippen LogP contribution < -0.4 is 10.6 Å². The maximum Gasteiger partial charge on any atom is 0.255 e. The van der Waals surface area contributed by atoms with Crippen molar-refractivity contribution in [3.05, 3.63) is 47.8 Å². The van der Waals surface area contributed by atoms with Gasteiger partial charge in [-0.3, -0.25) is 14.6 Å². The molecule has 0 aromatic carbocycles. The molecule has 2 aliphatic rings. The molecular formula is C32H39FN6O4. The number of pyridine rings is 1. The predicted molar refractivity (Wildman–Crippen MR) is 159 cm³/mol. The van der Waals surface area contributed by atoms with E-state index in [1.54, 1.807) is 16.6 Å². The van der Waals surface area contributed by atoms with Crippen LogP contribution in [-0.4, -0.2) is 69.0 Å². The third-order valence-corrected chi connectivity index (χ3v) is 8.62. The molecule has 1 saturated carbocycles. The molecule has 0 bridgehead atoms. The van der Waals surface area contributed by atoms with E-state index in [0.29, 0.717) is 54.0 Å². The Bertz CT molecular complexity index is 1500. The second kappa shape index (κ2) is 13.2. The lowest BCUT2D eigenvalue weighted by molar-refractivity contribution is -0.126. The number of nitrogens with one attached hydrogen (secondary N) is 2. The number of ether oxygens (including phenoxy) is 1. The number of anilines is 1. The zero-order chi connectivity index (χ0) is 30.6. The second-order valence-electron chi connectivity index (χ2n) is 12.3. The Morgan fingerprint density at radius 3 is 2.60 bits per heavy atom. The van der Waals surface area contributed by atoms with Gasteiger partial charge in [0.2, 0.25) is 0 Å². The van der Waals surface area contributed by atoms with Gasteiger partial charge in [0.1, 0.15) is 18.0 Å². The molecule has 1 saturated heterocycles. The zero-order valence-electron chi connectivity index (χ0n) is 24.7. The van der Waals surface area contributed by atoms with Crippen molar-refractivity contribution < 1.29 is 23.8 Å². The third kappa shape index (κ3) is 7.37. The molecule has 1 aliphatic heterocycles. The minimum absolute atomic E-state index is 0.0851. The molecule has 0 spiro atoms. The van der Waals surface area contributed by atoms with Crippen LogP contribution in [-0.2, 0) is 9.53 Å². The Morgan fingerprint density at radius 2 is 1.91 bits per heavy atom. The normalized spacial score (nSPS) is 20.3. The highest BCUT2D eigenvalue weighted by molar-refractivity contribution is 6.00. The highest BCUT2D eigenvalue weighted by atomic mass is 19.1. The molecule has 5 rings (SSSR count). The van der Waals surface area contributed by atoms with Crippen LogP contribution in [0.4, 0.5) is 10.1 Å². The molecule has 0 radical (unpaired) electrons. The average molecular weight is 591 g/mol. The van der Waals surface area contributed by atoms with Crippen molar-refractivity contribution >= 4 is 22.9 Å². The molecule has 1 atom stereocenters. The lowest BCUT2D eigenvalue weighted by atomic mass is 9.80. The van der Waals surface area contributed by atoms with Gasteiger partial charge in [0.05, 0.1) is 52.1 Å². The van der Waals surface area contributed by atoms with Crippen molar-refractivity contribution in [3.63, 3.8) is 0 Å². The summed E-state index contributed by atoms with van der Waals surface area (Å²) in [5.74, 6) is 0.321. The first-order valence-corrected chi connectivity index (χ1v) is 15.0. The topological polar surface area (TPSA) is 142 Å². The van der Waals surface area contributed by atoms with Crippen molar-refractivity contribution in [2.24, 2.45) is 11.8 Å². The number of halogens is 1. The van der Waals surface area contributed by atoms with Crippen LogP contribution in [0.1, 0.15) is 74.7 Å². The Morgan fingerprint density at radius 1 is 1.16 bits per heavy atom. The molecule has 3 aromatic heterocycles. The standard InChI is InChI=1S/C32H39FN6O4/c1-32(2,42)30(33)19-36-31(41)25-18-35-27(28-8-7-24-13-21(16-34)17-37-39(24)28)15-26(25)38-23-5-3-20(4-6-23)14-29(40)22-9-11-43-12-10-22/h7-8,13,15,17-18,20,22-23,30,42H,3-6,9-12,14,19H2,1-2H3,(H,35,38)(H,36,41)/t20?,23?,30-/m1/s1. The van der Waals surface area contributed by atoms with E-state index < -0.39 is 17.7 Å². The van der Waals surface area contributed by atoms with Gasteiger partial charge in [0.15, 0.2) is 0 Å². The average Bonchev–Trinajstić information content (AvgIpc) is 3.44. The number of hydrogen-bond acceptors (Lipinski definition) is 8. The van der Waals surface area contributed by atoms with Crippen LogP contribution in [0.25, 0.3) is 16.9 Å². The van der Waals surface area contributed by atoms with E-state index in [2.05, 4.69) is 26.8 Å². The minimum Gasteiger partial charge on any atom is -0.387 e. The number of nitriles is 1. The predicted octanol–water partition coefficient (Wildman–Crippen LogP) is 4.46. The van der Waals surface area contributed by atoms with E-state index in [4.69, 9.17) is 4.74 Å². The quantitative estimate of drug-likeness (QED) is 0.314. The number of hydrogen-bond donors (Lipinski definition) is 3. The van der Waals surface area contributed by atoms with Gasteiger partial charge >= 0.3 is 0 Å². The molecule has 0 unspecified atom stereocenters. The molecule has 228 valence electrons. The number of fused-ring (bicyclic) bond motifs is 1. The van der Waals surface area contributed by atoms with Gasteiger partial charge in [-0.1, -0.05) is 0 Å². The number of Topliss-reactive ketones (excluding diaryl/α,β-unsaturated/α-hetero) is 1. The van der Waals surface area contributed by atoms with E-state index in [0.717, 1.165) is 44.0 Å². The van der Waals surface area contributed by atoms with E-state index in [9.17, 15) is 24.3 Å². The highest BCUT2D eigenvalue weighted by Crippen LogP contribution is 2.33. The SMILES string of the molecule is CC(C)(O)[C@H](F)CNC(=O)c1cnc(-c2ccc3cc(C#N)cnn23)cc1NC1CCC(CC(=O)C2CCOCC2)CC1. The number of aromatic nitrogens is 3. The van der Waals surface area contributed by atoms with Gasteiger partial charge in [0.25, 0.3) is 5.91 Å². The fourth-order valence-electron chi connectivity index (χ4n) is 5.88. The summed E-state index contributed by atoms with van der Waals surface area (Å²) in [5.41, 5.74) is 1.69. The summed E-state index contributed by atoms with van der Waals surface area (Å²) in [7, 11) is 0. The van der Waals surface area contributed by atoms with Crippen molar-refractivity contribution in [1.82, 2.24) is 19.9 Å². The number of carbonyl (C=O) groups excluding carboxylic acids is 2. The number of amides is 1. The monoisotopic (exact) mass is 590 g/mol. The highest BCUT2D eigenvalue weighted by Gasteiger charge is 2.30. The number of rotatable bonds is 10. The molecule has 11 heteroatoms. The molecule has 1 aliphatic carbocycles. The van der Waals surface area contributed by atoms with Gasteiger partial charge in [-0.05, 0) is 82.6 Å². The number of nitrogens with zero attached hydrogens (tertiary/aromatic N) is 4. The fourth-order valence-corrected chi connectivity index (χ4v) is 5.88. The van der Waals surface area contributed by atoms with Crippen LogP contribution in [0.2, 0.25) is 0 Å². The lowest BCUT2D eigenvalue weighted by Crippen LogP contribution is -2.42. The smallest absolute Gasteiger partial charge is 0.255 e. The minimum atomic E-state index is -1.64.